The first-order valence-corrected chi connectivity index (χ1v) is 6.96. The van der Waals surface area contributed by atoms with Crippen molar-refractivity contribution in [1.82, 2.24) is 20.2 Å². The number of carboxylic acid groups (broad SMARTS) is 1. The second-order valence-corrected chi connectivity index (χ2v) is 5.26. The summed E-state index contributed by atoms with van der Waals surface area (Å²) in [5.74, 6) is 0.0314. The third-order valence-electron chi connectivity index (χ3n) is 4.07. The van der Waals surface area contributed by atoms with Crippen LogP contribution in [-0.2, 0) is 4.79 Å². The van der Waals surface area contributed by atoms with Gasteiger partial charge in [-0.3, -0.25) is 9.69 Å². The van der Waals surface area contributed by atoms with E-state index < -0.39 is 12.0 Å². The molecule has 3 heterocycles. The van der Waals surface area contributed by atoms with Crippen LogP contribution in [0.2, 0.25) is 0 Å². The van der Waals surface area contributed by atoms with E-state index in [0.29, 0.717) is 12.5 Å². The molecular weight excluding hydrogens is 258 g/mol. The highest BCUT2D eigenvalue weighted by molar-refractivity contribution is 5.74. The number of aliphatic carboxylic acids is 1. The molecule has 7 heteroatoms. The number of aromatic nitrogens is 2. The minimum atomic E-state index is -0.746. The van der Waals surface area contributed by atoms with Crippen LogP contribution in [0.3, 0.4) is 0 Å². The van der Waals surface area contributed by atoms with E-state index in [9.17, 15) is 4.79 Å². The summed E-state index contributed by atoms with van der Waals surface area (Å²) in [6.45, 7) is 4.39. The minimum Gasteiger partial charge on any atom is -0.480 e. The summed E-state index contributed by atoms with van der Waals surface area (Å²) in [5, 5.41) is 12.1. The first kappa shape index (κ1) is 13.3. The predicted molar refractivity (Wildman–Crippen MR) is 73.6 cm³/mol. The van der Waals surface area contributed by atoms with E-state index >= 15 is 0 Å². The molecule has 1 aromatic rings. The highest BCUT2D eigenvalue weighted by Crippen LogP contribution is 2.17. The number of nitrogens with one attached hydrogen (secondary N) is 1. The summed E-state index contributed by atoms with van der Waals surface area (Å²) in [7, 11) is 0. The van der Waals surface area contributed by atoms with Gasteiger partial charge in [0.1, 0.15) is 6.04 Å². The van der Waals surface area contributed by atoms with Crippen molar-refractivity contribution in [2.75, 3.05) is 37.6 Å². The molecule has 7 nitrogen and oxygen atoms in total. The molecule has 2 saturated heterocycles. The van der Waals surface area contributed by atoms with Gasteiger partial charge >= 0.3 is 5.97 Å². The zero-order valence-corrected chi connectivity index (χ0v) is 11.3. The lowest BCUT2D eigenvalue weighted by molar-refractivity contribution is -0.139. The predicted octanol–water partition coefficient (Wildman–Crippen LogP) is -0.586. The van der Waals surface area contributed by atoms with Gasteiger partial charge in [-0.2, -0.15) is 0 Å². The van der Waals surface area contributed by atoms with Gasteiger partial charge in [0, 0.05) is 51.2 Å². The van der Waals surface area contributed by atoms with Crippen molar-refractivity contribution in [3.8, 4) is 0 Å². The molecule has 2 fully saturated rings. The quantitative estimate of drug-likeness (QED) is 0.764. The van der Waals surface area contributed by atoms with Crippen LogP contribution in [0.4, 0.5) is 5.95 Å². The van der Waals surface area contributed by atoms with Gasteiger partial charge in [0.05, 0.1) is 0 Å². The molecule has 0 radical (unpaired) electrons. The Kier molecular flexibility index (Phi) is 3.79. The van der Waals surface area contributed by atoms with Gasteiger partial charge in [0.15, 0.2) is 0 Å². The van der Waals surface area contributed by atoms with Crippen molar-refractivity contribution in [3.63, 3.8) is 0 Å². The number of hydrogen-bond acceptors (Lipinski definition) is 6. The zero-order chi connectivity index (χ0) is 13.9. The average Bonchev–Trinajstić information content (AvgIpc) is 2.98. The molecule has 0 saturated carbocycles. The summed E-state index contributed by atoms with van der Waals surface area (Å²) < 4.78 is 0. The molecule has 2 aliphatic heterocycles. The zero-order valence-electron chi connectivity index (χ0n) is 11.3. The molecule has 1 aromatic heterocycles. The van der Waals surface area contributed by atoms with Crippen LogP contribution in [0, 0.1) is 0 Å². The maximum atomic E-state index is 11.0. The second-order valence-electron chi connectivity index (χ2n) is 5.26. The van der Waals surface area contributed by atoms with E-state index in [1.807, 2.05) is 6.07 Å². The van der Waals surface area contributed by atoms with Crippen molar-refractivity contribution < 1.29 is 9.90 Å². The molecule has 2 atom stereocenters. The molecule has 0 unspecified atom stereocenters. The minimum absolute atomic E-state index is 0.329. The highest BCUT2D eigenvalue weighted by atomic mass is 16.4. The Morgan fingerprint density at radius 3 is 2.55 bits per heavy atom. The van der Waals surface area contributed by atoms with E-state index in [0.717, 1.165) is 38.7 Å². The summed E-state index contributed by atoms with van der Waals surface area (Å²) in [6.07, 6.45) is 4.21. The first-order valence-electron chi connectivity index (χ1n) is 6.96. The van der Waals surface area contributed by atoms with Gasteiger partial charge in [-0.05, 0) is 12.5 Å². The monoisotopic (exact) mass is 277 g/mol. The summed E-state index contributed by atoms with van der Waals surface area (Å²) >= 11 is 0. The number of anilines is 1. The van der Waals surface area contributed by atoms with Gasteiger partial charge < -0.3 is 15.3 Å². The molecule has 0 bridgehead atoms. The van der Waals surface area contributed by atoms with E-state index in [2.05, 4.69) is 25.1 Å². The molecule has 2 aliphatic rings. The molecule has 0 aromatic carbocycles. The van der Waals surface area contributed by atoms with Crippen molar-refractivity contribution in [2.45, 2.75) is 18.5 Å². The molecule has 2 N–H and O–H groups in total. The lowest BCUT2D eigenvalue weighted by Crippen LogP contribution is -2.51. The molecule has 0 amide bonds. The lowest BCUT2D eigenvalue weighted by Gasteiger charge is -2.37. The highest BCUT2D eigenvalue weighted by Gasteiger charge is 2.34. The largest absolute Gasteiger partial charge is 0.480 e. The summed E-state index contributed by atoms with van der Waals surface area (Å²) in [5.41, 5.74) is 0. The van der Waals surface area contributed by atoms with Crippen molar-refractivity contribution in [3.05, 3.63) is 18.5 Å². The standard InChI is InChI=1S/C13H19N5O2/c19-12(20)11-8-10(9-16-11)17-4-6-18(7-5-17)13-14-2-1-3-15-13/h1-3,10-11,16H,4-9H2,(H,19,20)/t10-,11-/m0/s1. The second kappa shape index (κ2) is 5.72. The summed E-state index contributed by atoms with van der Waals surface area (Å²) in [6, 6.07) is 1.75. The maximum absolute atomic E-state index is 11.0. The van der Waals surface area contributed by atoms with Crippen LogP contribution >= 0.6 is 0 Å². The first-order chi connectivity index (χ1) is 9.74. The number of rotatable bonds is 3. The lowest BCUT2D eigenvalue weighted by atomic mass is 10.1. The number of nitrogens with zero attached hydrogens (tertiary/aromatic N) is 4. The van der Waals surface area contributed by atoms with Gasteiger partial charge in [0.2, 0.25) is 5.95 Å². The van der Waals surface area contributed by atoms with Crippen molar-refractivity contribution in [1.29, 1.82) is 0 Å². The van der Waals surface area contributed by atoms with Crippen LogP contribution < -0.4 is 10.2 Å². The molecule has 0 aliphatic carbocycles. The van der Waals surface area contributed by atoms with Crippen LogP contribution in [0.5, 0.6) is 0 Å². The van der Waals surface area contributed by atoms with Gasteiger partial charge in [-0.15, -0.1) is 0 Å². The fourth-order valence-electron chi connectivity index (χ4n) is 2.92. The Morgan fingerprint density at radius 1 is 1.25 bits per heavy atom. The van der Waals surface area contributed by atoms with Crippen molar-refractivity contribution >= 4 is 11.9 Å². The van der Waals surface area contributed by atoms with E-state index in [-0.39, 0.29) is 0 Å². The van der Waals surface area contributed by atoms with E-state index in [4.69, 9.17) is 5.11 Å². The van der Waals surface area contributed by atoms with Crippen LogP contribution in [0.1, 0.15) is 6.42 Å². The maximum Gasteiger partial charge on any atom is 0.320 e. The van der Waals surface area contributed by atoms with E-state index in [1.165, 1.54) is 0 Å². The number of carboxylic acids is 1. The average molecular weight is 277 g/mol. The fraction of sp³-hybridized carbons (Fsp3) is 0.615. The van der Waals surface area contributed by atoms with Crippen LogP contribution in [-0.4, -0.2) is 70.8 Å². The number of piperazine rings is 1. The number of carbonyl (C=O) groups is 1. The fourth-order valence-corrected chi connectivity index (χ4v) is 2.92. The smallest absolute Gasteiger partial charge is 0.320 e. The Morgan fingerprint density at radius 2 is 1.95 bits per heavy atom. The molecule has 3 rings (SSSR count). The van der Waals surface area contributed by atoms with Gasteiger partial charge in [-0.25, -0.2) is 9.97 Å². The normalized spacial score (nSPS) is 27.7. The molecule has 20 heavy (non-hydrogen) atoms. The SMILES string of the molecule is O=C(O)[C@@H]1C[C@H](N2CCN(c3ncccn3)CC2)CN1. The Labute approximate surface area is 117 Å². The van der Waals surface area contributed by atoms with Crippen molar-refractivity contribution in [2.24, 2.45) is 0 Å². The van der Waals surface area contributed by atoms with Gasteiger partial charge in [-0.1, -0.05) is 0 Å². The summed E-state index contributed by atoms with van der Waals surface area (Å²) in [4.78, 5) is 24.0. The Hall–Kier alpha value is -1.73. The van der Waals surface area contributed by atoms with Crippen LogP contribution in [0.15, 0.2) is 18.5 Å². The molecule has 0 spiro atoms. The third kappa shape index (κ3) is 2.73. The van der Waals surface area contributed by atoms with Gasteiger partial charge in [0.25, 0.3) is 0 Å². The van der Waals surface area contributed by atoms with Crippen LogP contribution in [0.25, 0.3) is 0 Å². The number of hydrogen-bond donors (Lipinski definition) is 2. The molecule has 108 valence electrons. The topological polar surface area (TPSA) is 81.6 Å². The Balaban J connectivity index is 1.53. The third-order valence-corrected chi connectivity index (χ3v) is 4.07. The Bertz CT molecular complexity index is 461. The van der Waals surface area contributed by atoms with E-state index in [1.54, 1.807) is 12.4 Å². The molecular formula is C13H19N5O2.